The number of likely N-dealkylation sites (tertiary alicyclic amines) is 1. The van der Waals surface area contributed by atoms with Crippen molar-refractivity contribution in [1.29, 1.82) is 0 Å². The molecule has 4 aromatic heterocycles. The van der Waals surface area contributed by atoms with Crippen LogP contribution >= 0.6 is 15.9 Å². The number of piperidine rings is 1. The van der Waals surface area contributed by atoms with Crippen LogP contribution in [-0.4, -0.2) is 160 Å². The van der Waals surface area contributed by atoms with Crippen LogP contribution in [-0.2, 0) is 65.4 Å². The number of ether oxygens (including phenoxy) is 5. The Balaban J connectivity index is 0.853. The van der Waals surface area contributed by atoms with Gasteiger partial charge in [-0.05, 0) is 71.6 Å². The fraction of sp³-hybridized carbons (Fsp3) is 0.542. The second-order valence-corrected chi connectivity index (χ2v) is 18.6. The van der Waals surface area contributed by atoms with E-state index >= 15 is 0 Å². The number of aromatic nitrogens is 6. The summed E-state index contributed by atoms with van der Waals surface area (Å²) in [5.74, 6) is -2.05. The molecule has 4 N–H and O–H groups in total. The summed E-state index contributed by atoms with van der Waals surface area (Å²) in [5, 5.41) is 10.4. The Kier molecular flexibility index (Phi) is 20.0. The first-order chi connectivity index (χ1) is 34.5. The van der Waals surface area contributed by atoms with E-state index < -0.39 is 29.8 Å². The van der Waals surface area contributed by atoms with Crippen molar-refractivity contribution in [3.63, 3.8) is 0 Å². The minimum absolute atomic E-state index is 0.0126. The number of fused-ring (bicyclic) bond motifs is 2. The molecule has 1 saturated heterocycles. The molecule has 0 unspecified atom stereocenters. The number of Topliss-reactive ketones (excluding diaryl/α,β-unsaturated/α-hetero) is 3. The molecule has 388 valence electrons. The Morgan fingerprint density at radius 1 is 0.903 bits per heavy atom. The molecule has 4 aromatic rings. The maximum absolute atomic E-state index is 14.0. The van der Waals surface area contributed by atoms with Crippen LogP contribution in [0.4, 0.5) is 10.2 Å². The van der Waals surface area contributed by atoms with Gasteiger partial charge in [-0.1, -0.05) is 6.92 Å². The zero-order valence-electron chi connectivity index (χ0n) is 40.7. The van der Waals surface area contributed by atoms with E-state index in [0.717, 1.165) is 6.42 Å². The monoisotopic (exact) mass is 1070 g/mol. The number of anilines is 1. The lowest BCUT2D eigenvalue weighted by atomic mass is 10.0. The number of nitrogens with one attached hydrogen (secondary N) is 2. The number of carbonyl (C=O) groups excluding carboxylic acids is 7. The lowest BCUT2D eigenvalue weighted by Crippen LogP contribution is -2.47. The number of halogens is 2. The topological polar surface area (TPSA) is 288 Å². The van der Waals surface area contributed by atoms with Crippen molar-refractivity contribution >= 4 is 73.7 Å². The van der Waals surface area contributed by atoms with Crippen molar-refractivity contribution < 1.29 is 61.6 Å². The van der Waals surface area contributed by atoms with Crippen LogP contribution in [0.15, 0.2) is 35.3 Å². The average molecular weight is 1070 g/mol. The van der Waals surface area contributed by atoms with Gasteiger partial charge < -0.3 is 45.0 Å². The zero-order valence-corrected chi connectivity index (χ0v) is 42.3. The van der Waals surface area contributed by atoms with Gasteiger partial charge in [0.2, 0.25) is 17.7 Å². The highest BCUT2D eigenvalue weighted by molar-refractivity contribution is 9.10. The summed E-state index contributed by atoms with van der Waals surface area (Å²) in [5.41, 5.74) is 7.45. The van der Waals surface area contributed by atoms with E-state index in [-0.39, 0.29) is 142 Å². The quantitative estimate of drug-likeness (QED) is 0.0293. The van der Waals surface area contributed by atoms with Crippen molar-refractivity contribution in [3.05, 3.63) is 58.2 Å². The predicted molar refractivity (Wildman–Crippen MR) is 259 cm³/mol. The Labute approximate surface area is 423 Å². The van der Waals surface area contributed by atoms with Gasteiger partial charge in [-0.15, -0.1) is 0 Å². The van der Waals surface area contributed by atoms with Crippen LogP contribution in [0.2, 0.25) is 0 Å². The molecule has 0 spiro atoms. The van der Waals surface area contributed by atoms with Crippen LogP contribution < -0.4 is 16.4 Å². The van der Waals surface area contributed by atoms with E-state index in [1.807, 2.05) is 6.92 Å². The van der Waals surface area contributed by atoms with Crippen LogP contribution in [0, 0.1) is 18.2 Å². The molecule has 5 heterocycles. The summed E-state index contributed by atoms with van der Waals surface area (Å²) >= 11 is 3.06. The normalized spacial score (nSPS) is 17.3. The molecule has 22 nitrogen and oxygen atoms in total. The molecule has 24 heteroatoms. The predicted octanol–water partition coefficient (Wildman–Crippen LogP) is 3.03. The molecule has 2 fully saturated rings. The number of pyridine rings is 2. The molecule has 1 aliphatic heterocycles. The van der Waals surface area contributed by atoms with Gasteiger partial charge in [0.1, 0.15) is 59.6 Å². The third kappa shape index (κ3) is 15.2. The molecule has 0 radical (unpaired) electrons. The van der Waals surface area contributed by atoms with Crippen LogP contribution in [0.5, 0.6) is 0 Å². The molecule has 0 bridgehead atoms. The Bertz CT molecular complexity index is 2620. The SMILES string of the molecule is COC(=O)[C@@H](N)CCC(=O)CCCOCCOCC(=O)NCCOCCOCC(=O)CCc1ncc(-c2cc3c(C(C)=O)nn(CC(=O)N4[C@H](C(=O)Nc5nc(Br)c(F)cc5C)C[C@@]5(C)C[C@@H]45)c3cn2)cn1. The minimum atomic E-state index is -0.810. The number of aryl methyl sites for hydroxylation is 2. The summed E-state index contributed by atoms with van der Waals surface area (Å²) in [4.78, 5) is 107. The maximum Gasteiger partial charge on any atom is 0.322 e. The number of hydrogen-bond donors (Lipinski definition) is 3. The summed E-state index contributed by atoms with van der Waals surface area (Å²) in [7, 11) is 1.25. The van der Waals surface area contributed by atoms with E-state index in [1.54, 1.807) is 30.3 Å². The van der Waals surface area contributed by atoms with Gasteiger partial charge in [0.25, 0.3) is 0 Å². The highest BCUT2D eigenvalue weighted by atomic mass is 79.9. The molecule has 1 saturated carbocycles. The Morgan fingerprint density at radius 3 is 2.33 bits per heavy atom. The first kappa shape index (κ1) is 55.3. The van der Waals surface area contributed by atoms with Crippen LogP contribution in [0.1, 0.15) is 80.7 Å². The molecular weight excluding hydrogens is 1010 g/mol. The molecule has 3 amide bonds. The lowest BCUT2D eigenvalue weighted by molar-refractivity contribution is -0.142. The second-order valence-electron chi connectivity index (χ2n) is 17.9. The smallest absolute Gasteiger partial charge is 0.322 e. The van der Waals surface area contributed by atoms with Gasteiger partial charge in [0, 0.05) is 75.1 Å². The molecule has 6 rings (SSSR count). The first-order valence-corrected chi connectivity index (χ1v) is 24.3. The summed E-state index contributed by atoms with van der Waals surface area (Å²) in [6.07, 6.45) is 7.54. The third-order valence-corrected chi connectivity index (χ3v) is 12.8. The zero-order chi connectivity index (χ0) is 52.0. The van der Waals surface area contributed by atoms with E-state index in [4.69, 9.17) is 24.7 Å². The number of carbonyl (C=O) groups is 7. The van der Waals surface area contributed by atoms with Gasteiger partial charge in [-0.2, -0.15) is 5.10 Å². The number of ketones is 3. The van der Waals surface area contributed by atoms with Gasteiger partial charge >= 0.3 is 5.97 Å². The fourth-order valence-corrected chi connectivity index (χ4v) is 8.48. The number of amides is 3. The summed E-state index contributed by atoms with van der Waals surface area (Å²) in [6, 6.07) is 1.20. The highest BCUT2D eigenvalue weighted by Gasteiger charge is 2.64. The van der Waals surface area contributed by atoms with E-state index in [9.17, 15) is 38.0 Å². The Hall–Kier alpha value is -6.05. The molecule has 1 aliphatic carbocycles. The van der Waals surface area contributed by atoms with Crippen molar-refractivity contribution in [2.45, 2.75) is 96.8 Å². The van der Waals surface area contributed by atoms with Gasteiger partial charge in [0.05, 0.1) is 57.6 Å². The maximum atomic E-state index is 14.0. The van der Waals surface area contributed by atoms with E-state index in [2.05, 4.69) is 56.3 Å². The number of nitrogens with two attached hydrogens (primary N) is 1. The van der Waals surface area contributed by atoms with Crippen LogP contribution in [0.25, 0.3) is 22.2 Å². The van der Waals surface area contributed by atoms with Crippen molar-refractivity contribution in [3.8, 4) is 11.3 Å². The Morgan fingerprint density at radius 2 is 1.61 bits per heavy atom. The fourth-order valence-electron chi connectivity index (χ4n) is 8.19. The minimum Gasteiger partial charge on any atom is -0.468 e. The van der Waals surface area contributed by atoms with Crippen LogP contribution in [0.3, 0.4) is 0 Å². The number of hydrogen-bond acceptors (Lipinski definition) is 18. The van der Waals surface area contributed by atoms with Gasteiger partial charge in [-0.25, -0.2) is 19.3 Å². The van der Waals surface area contributed by atoms with E-state index in [0.29, 0.717) is 59.4 Å². The summed E-state index contributed by atoms with van der Waals surface area (Å²) < 4.78 is 41.5. The third-order valence-electron chi connectivity index (χ3n) is 12.3. The van der Waals surface area contributed by atoms with Crippen molar-refractivity contribution in [1.82, 2.24) is 39.9 Å². The highest BCUT2D eigenvalue weighted by Crippen LogP contribution is 2.59. The number of methoxy groups -OCH3 is 1. The van der Waals surface area contributed by atoms with Gasteiger partial charge in [0.15, 0.2) is 17.4 Å². The molecule has 72 heavy (non-hydrogen) atoms. The number of rotatable bonds is 30. The van der Waals surface area contributed by atoms with Crippen molar-refractivity contribution in [2.75, 3.05) is 71.8 Å². The summed E-state index contributed by atoms with van der Waals surface area (Å²) in [6.45, 7) is 6.25. The standard InChI is InChI=1S/C48H60BrFN10O12/c1-28-18-34(50)44(49)56-45(28)57-46(66)37-20-48(3)21-39(48)60(37)42(65)25-59-38-24-53-36(19-33(38)43(58-59)29(2)61)30-22-54-40(55-23-30)10-8-32(63)26-71-16-15-70-13-11-52-41(64)27-72-17-14-69-12-5-6-31(62)7-9-35(51)47(67)68-4/h18-19,22-24,35,37,39H,5-17,20-21,25-27,51H2,1-4H3,(H,52,64)(H,56,57,66)/t35-,37-,39+,48-/m0/s1. The van der Waals surface area contributed by atoms with E-state index in [1.165, 1.54) is 31.0 Å². The van der Waals surface area contributed by atoms with Gasteiger partial charge in [-0.3, -0.25) is 43.2 Å². The molecule has 2 aliphatic rings. The lowest BCUT2D eigenvalue weighted by Gasteiger charge is -2.27. The van der Waals surface area contributed by atoms with Crippen molar-refractivity contribution in [2.24, 2.45) is 11.1 Å². The molecule has 4 atom stereocenters. The molecular formula is C48H60BrFN10O12. The largest absolute Gasteiger partial charge is 0.468 e. The average Bonchev–Trinajstić information content (AvgIpc) is 3.72. The number of nitrogens with zero attached hydrogens (tertiary/aromatic N) is 7. The first-order valence-electron chi connectivity index (χ1n) is 23.6. The second kappa shape index (κ2) is 26.1. The number of esters is 1. The molecule has 0 aromatic carbocycles.